The first-order valence-electron chi connectivity index (χ1n) is 15.5. The van der Waals surface area contributed by atoms with E-state index in [0.717, 1.165) is 12.8 Å². The van der Waals surface area contributed by atoms with Crippen LogP contribution in [0.2, 0.25) is 0 Å². The molecular weight excluding hydrogens is 504 g/mol. The second kappa shape index (κ2) is 20.8. The van der Waals surface area contributed by atoms with E-state index in [1.54, 1.807) is 35.2 Å². The number of ether oxygens (including phenoxy) is 2. The van der Waals surface area contributed by atoms with Crippen LogP contribution in [0.4, 0.5) is 4.79 Å². The van der Waals surface area contributed by atoms with Crippen molar-refractivity contribution in [2.75, 3.05) is 19.7 Å². The standard InChI is InChI=1S/C33H52N2O5/c1-2-3-4-5-6-7-8-9-10-11-12-13-14-15-16-17-24-35(33(34)38)25-26-39-28-18-20-29(21-19-28)40-30-22-23-31(36)32(37)27-30/h18-23,27,36-37H,2-17,24-26H2,1H3,(H2,34,38). The lowest BCUT2D eigenvalue weighted by Gasteiger charge is -2.20. The predicted octanol–water partition coefficient (Wildman–Crippen LogP) is 8.91. The van der Waals surface area contributed by atoms with Crippen LogP contribution in [0.3, 0.4) is 0 Å². The smallest absolute Gasteiger partial charge is 0.314 e. The largest absolute Gasteiger partial charge is 0.504 e. The number of benzene rings is 2. The van der Waals surface area contributed by atoms with E-state index in [9.17, 15) is 15.0 Å². The van der Waals surface area contributed by atoms with Gasteiger partial charge in [0.05, 0.1) is 6.54 Å². The zero-order chi connectivity index (χ0) is 28.8. The lowest BCUT2D eigenvalue weighted by molar-refractivity contribution is 0.189. The fourth-order valence-electron chi connectivity index (χ4n) is 4.76. The number of phenolic OH excluding ortho intramolecular Hbond substituents is 2. The number of unbranched alkanes of at least 4 members (excludes halogenated alkanes) is 15. The normalized spacial score (nSPS) is 10.9. The second-order valence-electron chi connectivity index (χ2n) is 10.7. The van der Waals surface area contributed by atoms with Crippen molar-refractivity contribution in [3.63, 3.8) is 0 Å². The summed E-state index contributed by atoms with van der Waals surface area (Å²) in [6.07, 6.45) is 21.1. The Kier molecular flexibility index (Phi) is 17.2. The molecule has 0 saturated heterocycles. The van der Waals surface area contributed by atoms with Crippen LogP contribution in [0, 0.1) is 0 Å². The summed E-state index contributed by atoms with van der Waals surface area (Å²) in [5.74, 6) is 1.20. The van der Waals surface area contributed by atoms with Crippen molar-refractivity contribution in [2.45, 2.75) is 110 Å². The van der Waals surface area contributed by atoms with Gasteiger partial charge in [0.15, 0.2) is 11.5 Å². The van der Waals surface area contributed by atoms with Gasteiger partial charge in [-0.1, -0.05) is 103 Å². The minimum Gasteiger partial charge on any atom is -0.504 e. The summed E-state index contributed by atoms with van der Waals surface area (Å²) in [5, 5.41) is 19.0. The van der Waals surface area contributed by atoms with Gasteiger partial charge in [0.2, 0.25) is 0 Å². The third-order valence-electron chi connectivity index (χ3n) is 7.23. The van der Waals surface area contributed by atoms with Crippen molar-refractivity contribution >= 4 is 6.03 Å². The highest BCUT2D eigenvalue weighted by molar-refractivity contribution is 5.71. The average Bonchev–Trinajstić information content (AvgIpc) is 2.94. The first kappa shape index (κ1) is 33.1. The summed E-state index contributed by atoms with van der Waals surface area (Å²) < 4.78 is 11.5. The Balaban J connectivity index is 1.48. The Labute approximate surface area is 241 Å². The molecule has 0 bridgehead atoms. The maximum atomic E-state index is 11.8. The van der Waals surface area contributed by atoms with E-state index in [2.05, 4.69) is 6.92 Å². The Bertz CT molecular complexity index is 935. The molecular formula is C33H52N2O5. The molecule has 2 amide bonds. The highest BCUT2D eigenvalue weighted by Crippen LogP contribution is 2.31. The lowest BCUT2D eigenvalue weighted by Crippen LogP contribution is -2.39. The second-order valence-corrected chi connectivity index (χ2v) is 10.7. The number of hydrogen-bond acceptors (Lipinski definition) is 5. The molecule has 2 aromatic carbocycles. The van der Waals surface area contributed by atoms with Gasteiger partial charge in [-0.2, -0.15) is 0 Å². The van der Waals surface area contributed by atoms with Crippen molar-refractivity contribution in [1.29, 1.82) is 0 Å². The zero-order valence-corrected chi connectivity index (χ0v) is 24.6. The van der Waals surface area contributed by atoms with Gasteiger partial charge < -0.3 is 30.3 Å². The molecule has 0 aliphatic rings. The Hall–Kier alpha value is -3.09. The molecule has 7 heteroatoms. The highest BCUT2D eigenvalue weighted by Gasteiger charge is 2.10. The molecule has 7 nitrogen and oxygen atoms in total. The van der Waals surface area contributed by atoms with Crippen molar-refractivity contribution in [3.8, 4) is 28.7 Å². The van der Waals surface area contributed by atoms with E-state index in [1.165, 1.54) is 102 Å². The third kappa shape index (κ3) is 14.9. The van der Waals surface area contributed by atoms with Crippen molar-refractivity contribution in [2.24, 2.45) is 5.73 Å². The Morgan fingerprint density at radius 2 is 1.12 bits per heavy atom. The summed E-state index contributed by atoms with van der Waals surface area (Å²) >= 11 is 0. The van der Waals surface area contributed by atoms with E-state index in [-0.39, 0.29) is 11.5 Å². The van der Waals surface area contributed by atoms with Crippen molar-refractivity contribution in [1.82, 2.24) is 4.90 Å². The number of primary amides is 1. The van der Waals surface area contributed by atoms with Crippen LogP contribution in [0.15, 0.2) is 42.5 Å². The van der Waals surface area contributed by atoms with E-state index in [0.29, 0.717) is 36.9 Å². The molecule has 0 aliphatic carbocycles. The molecule has 0 heterocycles. The zero-order valence-electron chi connectivity index (χ0n) is 24.6. The van der Waals surface area contributed by atoms with Crippen LogP contribution in [0.5, 0.6) is 28.7 Å². The minimum absolute atomic E-state index is 0.198. The topological polar surface area (TPSA) is 105 Å². The number of aromatic hydroxyl groups is 2. The first-order chi connectivity index (χ1) is 19.5. The number of carbonyl (C=O) groups is 1. The van der Waals surface area contributed by atoms with Gasteiger partial charge in [0.25, 0.3) is 0 Å². The van der Waals surface area contributed by atoms with E-state index in [4.69, 9.17) is 15.2 Å². The lowest BCUT2D eigenvalue weighted by atomic mass is 10.0. The average molecular weight is 557 g/mol. The number of urea groups is 1. The summed E-state index contributed by atoms with van der Waals surface area (Å²) in [7, 11) is 0. The molecule has 0 saturated carbocycles. The molecule has 4 N–H and O–H groups in total. The predicted molar refractivity (Wildman–Crippen MR) is 162 cm³/mol. The number of phenols is 2. The molecule has 2 aromatic rings. The van der Waals surface area contributed by atoms with Crippen LogP contribution in [-0.4, -0.2) is 40.8 Å². The highest BCUT2D eigenvalue weighted by atomic mass is 16.5. The molecule has 0 radical (unpaired) electrons. The van der Waals surface area contributed by atoms with Crippen LogP contribution >= 0.6 is 0 Å². The van der Waals surface area contributed by atoms with Crippen LogP contribution in [-0.2, 0) is 0 Å². The molecule has 0 atom stereocenters. The Morgan fingerprint density at radius 3 is 1.62 bits per heavy atom. The summed E-state index contributed by atoms with van der Waals surface area (Å²) in [5.41, 5.74) is 5.58. The molecule has 40 heavy (non-hydrogen) atoms. The molecule has 2 rings (SSSR count). The molecule has 0 fully saturated rings. The van der Waals surface area contributed by atoms with E-state index < -0.39 is 6.03 Å². The van der Waals surface area contributed by atoms with Gasteiger partial charge in [0.1, 0.15) is 23.9 Å². The number of nitrogens with two attached hydrogens (primary N) is 1. The van der Waals surface area contributed by atoms with Gasteiger partial charge in [-0.15, -0.1) is 0 Å². The van der Waals surface area contributed by atoms with Gasteiger partial charge in [-0.05, 0) is 42.8 Å². The van der Waals surface area contributed by atoms with Gasteiger partial charge in [-0.3, -0.25) is 0 Å². The van der Waals surface area contributed by atoms with Crippen LogP contribution in [0.25, 0.3) is 0 Å². The van der Waals surface area contributed by atoms with E-state index >= 15 is 0 Å². The number of rotatable bonds is 23. The molecule has 0 aromatic heterocycles. The van der Waals surface area contributed by atoms with Gasteiger partial charge in [0, 0.05) is 12.6 Å². The SMILES string of the molecule is CCCCCCCCCCCCCCCCCCN(CCOc1ccc(Oc2ccc(O)c(O)c2)cc1)C(N)=O. The van der Waals surface area contributed by atoms with Crippen LogP contribution in [0.1, 0.15) is 110 Å². The number of amides is 2. The monoisotopic (exact) mass is 556 g/mol. The minimum atomic E-state index is -0.412. The number of nitrogens with zero attached hydrogens (tertiary/aromatic N) is 1. The Morgan fingerprint density at radius 1 is 0.650 bits per heavy atom. The fourth-order valence-corrected chi connectivity index (χ4v) is 4.76. The van der Waals surface area contributed by atoms with E-state index in [1.807, 2.05) is 0 Å². The maximum Gasteiger partial charge on any atom is 0.314 e. The number of carbonyl (C=O) groups excluding carboxylic acids is 1. The molecule has 0 aliphatic heterocycles. The summed E-state index contributed by atoms with van der Waals surface area (Å²) in [6, 6.07) is 10.9. The third-order valence-corrected chi connectivity index (χ3v) is 7.23. The van der Waals surface area contributed by atoms with Crippen LogP contribution < -0.4 is 15.2 Å². The maximum absolute atomic E-state index is 11.8. The van der Waals surface area contributed by atoms with Gasteiger partial charge in [-0.25, -0.2) is 4.79 Å². The summed E-state index contributed by atoms with van der Waals surface area (Å²) in [4.78, 5) is 13.5. The molecule has 0 spiro atoms. The molecule has 0 unspecified atom stereocenters. The number of hydrogen-bond donors (Lipinski definition) is 3. The molecule has 224 valence electrons. The quantitative estimate of drug-likeness (QED) is 0.0936. The van der Waals surface area contributed by atoms with Crippen molar-refractivity contribution in [3.05, 3.63) is 42.5 Å². The van der Waals surface area contributed by atoms with Crippen molar-refractivity contribution < 1.29 is 24.5 Å². The summed E-state index contributed by atoms with van der Waals surface area (Å²) in [6.45, 7) is 3.73. The first-order valence-corrected chi connectivity index (χ1v) is 15.5. The fraction of sp³-hybridized carbons (Fsp3) is 0.606. The van der Waals surface area contributed by atoms with Gasteiger partial charge >= 0.3 is 6.03 Å².